The number of fused-ring (bicyclic) bond motifs is 3. The topological polar surface area (TPSA) is 84.1 Å². The third-order valence-corrected chi connectivity index (χ3v) is 6.44. The zero-order valence-electron chi connectivity index (χ0n) is 18.6. The fraction of sp³-hybridized carbons (Fsp3) is 0.333. The monoisotopic (exact) mass is 453 g/mol. The minimum atomic E-state index is -0.576. The van der Waals surface area contributed by atoms with E-state index < -0.39 is 6.04 Å². The Morgan fingerprint density at radius 2 is 1.76 bits per heavy atom. The van der Waals surface area contributed by atoms with Crippen LogP contribution in [0.5, 0.6) is 17.2 Å². The molecule has 3 aromatic rings. The van der Waals surface area contributed by atoms with Crippen molar-refractivity contribution in [1.82, 2.24) is 9.88 Å². The highest BCUT2D eigenvalue weighted by Gasteiger charge is 2.44. The summed E-state index contributed by atoms with van der Waals surface area (Å²) in [5, 5.41) is 0.873. The van der Waals surface area contributed by atoms with Crippen molar-refractivity contribution < 1.29 is 28.2 Å². The Morgan fingerprint density at radius 1 is 1.03 bits per heavy atom. The summed E-state index contributed by atoms with van der Waals surface area (Å²) in [6.45, 7) is 1.08. The predicted octanol–water partition coefficient (Wildman–Crippen LogP) is 3.02. The Hall–Kier alpha value is -3.59. The van der Waals surface area contributed by atoms with Crippen LogP contribution in [0.25, 0.3) is 10.9 Å². The van der Waals surface area contributed by atoms with E-state index in [0.29, 0.717) is 42.4 Å². The summed E-state index contributed by atoms with van der Waals surface area (Å²) in [7, 11) is 4.45. The number of rotatable bonds is 5. The number of hydrogen-bond acceptors (Lipinski definition) is 6. The first-order chi connectivity index (χ1) is 15.9. The van der Waals surface area contributed by atoms with Gasteiger partial charge in [-0.1, -0.05) is 0 Å². The van der Waals surface area contributed by atoms with Crippen LogP contribution in [0, 0.1) is 5.82 Å². The summed E-state index contributed by atoms with van der Waals surface area (Å²) in [6.07, 6.45) is 0.751. The Balaban J connectivity index is 1.43. The molecule has 2 aliphatic heterocycles. The number of aromatic amines is 1. The number of nitrogens with one attached hydrogen (secondary N) is 1. The van der Waals surface area contributed by atoms with Crippen LogP contribution in [-0.2, 0) is 22.6 Å². The van der Waals surface area contributed by atoms with Crippen molar-refractivity contribution >= 4 is 28.4 Å². The second-order valence-corrected chi connectivity index (χ2v) is 8.16. The van der Waals surface area contributed by atoms with Crippen molar-refractivity contribution in [2.45, 2.75) is 25.4 Å². The van der Waals surface area contributed by atoms with Gasteiger partial charge in [0.25, 0.3) is 5.91 Å². The highest BCUT2D eigenvalue weighted by molar-refractivity contribution is 6.22. The Morgan fingerprint density at radius 3 is 2.42 bits per heavy atom. The lowest BCUT2D eigenvalue weighted by Gasteiger charge is -2.30. The molecule has 0 spiro atoms. The van der Waals surface area contributed by atoms with Gasteiger partial charge in [0.15, 0.2) is 11.5 Å². The van der Waals surface area contributed by atoms with E-state index in [-0.39, 0.29) is 24.1 Å². The first kappa shape index (κ1) is 21.3. The summed E-state index contributed by atoms with van der Waals surface area (Å²) >= 11 is 0. The van der Waals surface area contributed by atoms with Crippen molar-refractivity contribution in [3.8, 4) is 17.2 Å². The molecule has 2 amide bonds. The maximum atomic E-state index is 13.7. The van der Waals surface area contributed by atoms with E-state index in [1.54, 1.807) is 18.2 Å². The number of carbonyl (C=O) groups excluding carboxylic acids is 2. The molecule has 9 heteroatoms. The smallest absolute Gasteiger partial charge is 0.251 e. The zero-order valence-corrected chi connectivity index (χ0v) is 18.6. The number of carbonyl (C=O) groups is 2. The Bertz CT molecular complexity index is 1250. The van der Waals surface area contributed by atoms with E-state index in [2.05, 4.69) is 4.98 Å². The maximum absolute atomic E-state index is 13.7. The molecule has 33 heavy (non-hydrogen) atoms. The minimum absolute atomic E-state index is 0.0830. The van der Waals surface area contributed by atoms with E-state index in [4.69, 9.17) is 14.2 Å². The highest BCUT2D eigenvalue weighted by atomic mass is 19.1. The molecule has 1 saturated heterocycles. The van der Waals surface area contributed by atoms with Crippen molar-refractivity contribution in [2.24, 2.45) is 0 Å². The fourth-order valence-corrected chi connectivity index (χ4v) is 4.87. The number of amides is 2. The summed E-state index contributed by atoms with van der Waals surface area (Å²) in [6, 6.07) is 7.31. The number of imide groups is 1. The molecule has 0 bridgehead atoms. The van der Waals surface area contributed by atoms with Crippen molar-refractivity contribution in [3.05, 3.63) is 47.4 Å². The van der Waals surface area contributed by atoms with Gasteiger partial charge < -0.3 is 19.2 Å². The van der Waals surface area contributed by atoms with E-state index in [9.17, 15) is 14.0 Å². The number of methoxy groups -OCH3 is 3. The summed E-state index contributed by atoms with van der Waals surface area (Å²) in [5.41, 5.74) is 3.27. The van der Waals surface area contributed by atoms with Gasteiger partial charge >= 0.3 is 0 Å². The van der Waals surface area contributed by atoms with Crippen molar-refractivity contribution in [2.75, 3.05) is 32.8 Å². The lowest BCUT2D eigenvalue weighted by molar-refractivity contribution is -0.123. The first-order valence-electron chi connectivity index (χ1n) is 10.6. The highest BCUT2D eigenvalue weighted by Crippen LogP contribution is 2.42. The summed E-state index contributed by atoms with van der Waals surface area (Å²) in [5.74, 6) is 0.263. The molecule has 1 atom stereocenters. The number of halogens is 1. The molecule has 1 aromatic heterocycles. The number of benzene rings is 2. The second-order valence-electron chi connectivity index (χ2n) is 8.16. The number of nitrogens with zero attached hydrogens (tertiary/aromatic N) is 2. The van der Waals surface area contributed by atoms with Crippen LogP contribution in [0.4, 0.5) is 10.1 Å². The van der Waals surface area contributed by atoms with E-state index in [1.807, 2.05) is 4.90 Å². The molecule has 2 aliphatic rings. The van der Waals surface area contributed by atoms with Gasteiger partial charge in [-0.25, -0.2) is 9.29 Å². The minimum Gasteiger partial charge on any atom is -0.493 e. The standard InChI is InChI=1S/C24H24FN3O5/c1-31-20-9-14(10-21(32-2)23(20)33-3)28-22(29)11-19(24(28)30)27-7-6-15-16-8-13(25)4-5-17(16)26-18(15)12-27/h4-5,8-10,19,26H,6-7,11-12H2,1-3H3/t19-/m1/s1. The average Bonchev–Trinajstić information content (AvgIpc) is 3.33. The second kappa shape index (κ2) is 8.08. The number of ether oxygens (including phenoxy) is 3. The first-order valence-corrected chi connectivity index (χ1v) is 10.6. The predicted molar refractivity (Wildman–Crippen MR) is 119 cm³/mol. The number of aromatic nitrogens is 1. The third-order valence-electron chi connectivity index (χ3n) is 6.44. The molecule has 8 nitrogen and oxygen atoms in total. The SMILES string of the molecule is COc1cc(N2C(=O)C[C@@H](N3CCc4c([nH]c5ccc(F)cc45)C3)C2=O)cc(OC)c1OC. The quantitative estimate of drug-likeness (QED) is 0.598. The van der Waals surface area contributed by atoms with E-state index in [0.717, 1.165) is 22.2 Å². The van der Waals surface area contributed by atoms with Gasteiger partial charge in [0.2, 0.25) is 11.7 Å². The molecule has 0 aliphatic carbocycles. The van der Waals surface area contributed by atoms with Crippen LogP contribution < -0.4 is 19.1 Å². The normalized spacial score (nSPS) is 18.7. The van der Waals surface area contributed by atoms with Gasteiger partial charge in [-0.15, -0.1) is 0 Å². The molecule has 1 fully saturated rings. The molecule has 0 saturated carbocycles. The van der Waals surface area contributed by atoms with Crippen LogP contribution in [0.1, 0.15) is 17.7 Å². The Labute approximate surface area is 189 Å². The third kappa shape index (κ3) is 3.39. The van der Waals surface area contributed by atoms with E-state index >= 15 is 0 Å². The van der Waals surface area contributed by atoms with Crippen LogP contribution in [0.3, 0.4) is 0 Å². The molecule has 172 valence electrons. The van der Waals surface area contributed by atoms with Crippen LogP contribution in [0.15, 0.2) is 30.3 Å². The lowest BCUT2D eigenvalue weighted by Crippen LogP contribution is -2.44. The maximum Gasteiger partial charge on any atom is 0.251 e. The van der Waals surface area contributed by atoms with Gasteiger partial charge in [-0.3, -0.25) is 14.5 Å². The lowest BCUT2D eigenvalue weighted by atomic mass is 10.0. The average molecular weight is 453 g/mol. The molecule has 2 aromatic carbocycles. The van der Waals surface area contributed by atoms with Crippen molar-refractivity contribution in [1.29, 1.82) is 0 Å². The molecule has 0 unspecified atom stereocenters. The van der Waals surface area contributed by atoms with Gasteiger partial charge in [-0.2, -0.15) is 0 Å². The summed E-state index contributed by atoms with van der Waals surface area (Å²) < 4.78 is 29.8. The molecular weight excluding hydrogens is 429 g/mol. The largest absolute Gasteiger partial charge is 0.493 e. The zero-order chi connectivity index (χ0) is 23.3. The van der Waals surface area contributed by atoms with Crippen LogP contribution in [-0.4, -0.2) is 55.6 Å². The van der Waals surface area contributed by atoms with Gasteiger partial charge in [-0.05, 0) is 30.2 Å². The van der Waals surface area contributed by atoms with Gasteiger partial charge in [0.1, 0.15) is 5.82 Å². The molecule has 0 radical (unpaired) electrons. The molecular formula is C24H24FN3O5. The summed E-state index contributed by atoms with van der Waals surface area (Å²) in [4.78, 5) is 32.9. The fourth-order valence-electron chi connectivity index (χ4n) is 4.87. The number of anilines is 1. The van der Waals surface area contributed by atoms with Crippen molar-refractivity contribution in [3.63, 3.8) is 0 Å². The van der Waals surface area contributed by atoms with E-state index in [1.165, 1.54) is 38.4 Å². The molecule has 1 N–H and O–H groups in total. The number of H-pyrrole nitrogens is 1. The molecule has 5 rings (SSSR count). The Kier molecular flexibility index (Phi) is 5.20. The van der Waals surface area contributed by atoms with Gasteiger partial charge in [0.05, 0.1) is 39.5 Å². The van der Waals surface area contributed by atoms with Gasteiger partial charge in [0, 0.05) is 41.8 Å². The number of hydrogen-bond donors (Lipinski definition) is 1. The van der Waals surface area contributed by atoms with Crippen LogP contribution >= 0.6 is 0 Å². The molecule has 3 heterocycles. The van der Waals surface area contributed by atoms with Crippen LogP contribution in [0.2, 0.25) is 0 Å².